The van der Waals surface area contributed by atoms with Gasteiger partial charge in [-0.1, -0.05) is 6.92 Å². The number of hydrogen-bond acceptors (Lipinski definition) is 7. The van der Waals surface area contributed by atoms with Gasteiger partial charge in [0.15, 0.2) is 0 Å². The van der Waals surface area contributed by atoms with Crippen LogP contribution in [-0.2, 0) is 14.3 Å². The molecule has 0 aliphatic carbocycles. The van der Waals surface area contributed by atoms with Crippen LogP contribution in [0.2, 0.25) is 0 Å². The maximum atomic E-state index is 11.7. The van der Waals surface area contributed by atoms with Crippen molar-refractivity contribution in [2.75, 3.05) is 13.2 Å². The molecule has 7 nitrogen and oxygen atoms in total. The summed E-state index contributed by atoms with van der Waals surface area (Å²) in [6, 6.07) is 6.21. The number of allylic oxidation sites excluding steroid dienone is 1. The first-order chi connectivity index (χ1) is 11.0. The van der Waals surface area contributed by atoms with E-state index in [1.807, 2.05) is 6.92 Å². The molecule has 0 saturated carbocycles. The van der Waals surface area contributed by atoms with E-state index >= 15 is 0 Å². The molecule has 7 heteroatoms. The second kappa shape index (κ2) is 9.34. The molecule has 0 bridgehead atoms. The monoisotopic (exact) mass is 320 g/mol. The molecule has 0 aliphatic rings. The average molecular weight is 320 g/mol. The van der Waals surface area contributed by atoms with Crippen LogP contribution < -0.4 is 0 Å². The summed E-state index contributed by atoms with van der Waals surface area (Å²) in [5, 5.41) is 17.0. The fourth-order valence-electron chi connectivity index (χ4n) is 1.51. The summed E-state index contributed by atoms with van der Waals surface area (Å²) in [5.41, 5.74) is 0.551. The fraction of sp³-hybridized carbons (Fsp3) is 0.375. The van der Waals surface area contributed by atoms with Crippen molar-refractivity contribution in [3.63, 3.8) is 0 Å². The number of carbonyl (C=O) groups excluding carboxylic acids is 2. The highest BCUT2D eigenvalue weighted by Crippen LogP contribution is 2.17. The van der Waals surface area contributed by atoms with E-state index in [1.54, 1.807) is 31.2 Å². The Kier molecular flexibility index (Phi) is 7.45. The molecule has 23 heavy (non-hydrogen) atoms. The van der Waals surface area contributed by atoms with E-state index in [0.29, 0.717) is 17.9 Å². The summed E-state index contributed by atoms with van der Waals surface area (Å²) in [6.45, 7) is 5.41. The maximum Gasteiger partial charge on any atom is 0.362 e. The van der Waals surface area contributed by atoms with Crippen LogP contribution in [-0.4, -0.2) is 30.3 Å². The third-order valence-electron chi connectivity index (χ3n) is 2.62. The lowest BCUT2D eigenvalue weighted by Gasteiger charge is -2.03. The highest BCUT2D eigenvalue weighted by atomic mass is 16.5. The summed E-state index contributed by atoms with van der Waals surface area (Å²) in [4.78, 5) is 23.2. The topological polar surface area (TPSA) is 97.6 Å². The van der Waals surface area contributed by atoms with E-state index in [0.717, 1.165) is 6.42 Å². The Balaban J connectivity index is 2.82. The van der Waals surface area contributed by atoms with E-state index in [-0.39, 0.29) is 18.1 Å². The third-order valence-corrected chi connectivity index (χ3v) is 2.62. The van der Waals surface area contributed by atoms with Gasteiger partial charge in [-0.2, -0.15) is 5.11 Å². The van der Waals surface area contributed by atoms with Crippen molar-refractivity contribution in [2.45, 2.75) is 27.2 Å². The zero-order chi connectivity index (χ0) is 17.2. The van der Waals surface area contributed by atoms with E-state index in [9.17, 15) is 14.7 Å². The van der Waals surface area contributed by atoms with Gasteiger partial charge in [-0.25, -0.2) is 9.59 Å². The molecule has 0 fully saturated rings. The SMILES string of the molecule is CCCOC(=O)c1ccc(N=N/C(C(=O)OCC)=C(/C)O)cc1. The Labute approximate surface area is 134 Å². The molecule has 1 aromatic rings. The second-order valence-corrected chi connectivity index (χ2v) is 4.54. The van der Waals surface area contributed by atoms with Crippen molar-refractivity contribution in [1.82, 2.24) is 0 Å². The number of ether oxygens (including phenoxy) is 2. The van der Waals surface area contributed by atoms with Crippen LogP contribution in [0.4, 0.5) is 5.69 Å². The van der Waals surface area contributed by atoms with Gasteiger partial charge in [0.25, 0.3) is 0 Å². The van der Waals surface area contributed by atoms with Crippen molar-refractivity contribution in [3.05, 3.63) is 41.3 Å². The molecule has 124 valence electrons. The van der Waals surface area contributed by atoms with E-state index in [4.69, 9.17) is 9.47 Å². The number of esters is 2. The predicted molar refractivity (Wildman–Crippen MR) is 83.5 cm³/mol. The van der Waals surface area contributed by atoms with Crippen LogP contribution in [0.5, 0.6) is 0 Å². The molecule has 0 aromatic heterocycles. The zero-order valence-electron chi connectivity index (χ0n) is 13.4. The standard InChI is InChI=1S/C16H20N2O5/c1-4-10-23-15(20)12-6-8-13(9-7-12)17-18-14(11(3)19)16(21)22-5-2/h6-9,19H,4-5,10H2,1-3H3/b14-11-,18-17?. The maximum absolute atomic E-state index is 11.7. The molecule has 0 amide bonds. The number of azo groups is 1. The van der Waals surface area contributed by atoms with Crippen molar-refractivity contribution in [1.29, 1.82) is 0 Å². The molecule has 0 radical (unpaired) electrons. The van der Waals surface area contributed by atoms with Crippen LogP contribution >= 0.6 is 0 Å². The lowest BCUT2D eigenvalue weighted by atomic mass is 10.2. The van der Waals surface area contributed by atoms with E-state index in [1.165, 1.54) is 6.92 Å². The number of rotatable bonds is 7. The molecule has 0 spiro atoms. The average Bonchev–Trinajstić information content (AvgIpc) is 2.53. The van der Waals surface area contributed by atoms with E-state index in [2.05, 4.69) is 10.2 Å². The van der Waals surface area contributed by atoms with Gasteiger partial charge in [0.2, 0.25) is 5.70 Å². The molecule has 0 atom stereocenters. The van der Waals surface area contributed by atoms with Crippen LogP contribution in [0.15, 0.2) is 46.0 Å². The number of aliphatic hydroxyl groups is 1. The Morgan fingerprint density at radius 3 is 2.30 bits per heavy atom. The first-order valence-electron chi connectivity index (χ1n) is 7.25. The molecule has 0 saturated heterocycles. The van der Waals surface area contributed by atoms with Crippen molar-refractivity contribution in [2.24, 2.45) is 10.2 Å². The summed E-state index contributed by atoms with van der Waals surface area (Å²) >= 11 is 0. The van der Waals surface area contributed by atoms with Gasteiger partial charge in [0, 0.05) is 0 Å². The number of hydrogen-bond donors (Lipinski definition) is 1. The molecular formula is C16H20N2O5. The smallest absolute Gasteiger partial charge is 0.362 e. The van der Waals surface area contributed by atoms with Gasteiger partial charge in [-0.15, -0.1) is 5.11 Å². The third kappa shape index (κ3) is 5.90. The first-order valence-corrected chi connectivity index (χ1v) is 7.25. The summed E-state index contributed by atoms with van der Waals surface area (Å²) in [5.74, 6) is -1.45. The van der Waals surface area contributed by atoms with Crippen LogP contribution in [0, 0.1) is 0 Å². The summed E-state index contributed by atoms with van der Waals surface area (Å²) in [7, 11) is 0. The van der Waals surface area contributed by atoms with Gasteiger partial charge in [0.05, 0.1) is 24.5 Å². The van der Waals surface area contributed by atoms with Crippen LogP contribution in [0.3, 0.4) is 0 Å². The Hall–Kier alpha value is -2.70. The van der Waals surface area contributed by atoms with Gasteiger partial charge in [0.1, 0.15) is 5.76 Å². The molecule has 1 N–H and O–H groups in total. The van der Waals surface area contributed by atoms with Crippen molar-refractivity contribution in [3.8, 4) is 0 Å². The lowest BCUT2D eigenvalue weighted by Crippen LogP contribution is -2.07. The summed E-state index contributed by atoms with van der Waals surface area (Å²) in [6.07, 6.45) is 0.752. The van der Waals surface area contributed by atoms with E-state index < -0.39 is 11.9 Å². The molecule has 0 heterocycles. The molecular weight excluding hydrogens is 300 g/mol. The number of nitrogens with zero attached hydrogens (tertiary/aromatic N) is 2. The van der Waals surface area contributed by atoms with Gasteiger partial charge in [-0.05, 0) is 44.5 Å². The van der Waals surface area contributed by atoms with Crippen LogP contribution in [0.1, 0.15) is 37.6 Å². The fourth-order valence-corrected chi connectivity index (χ4v) is 1.51. The highest BCUT2D eigenvalue weighted by Gasteiger charge is 2.14. The van der Waals surface area contributed by atoms with Crippen molar-refractivity contribution >= 4 is 17.6 Å². The number of aliphatic hydroxyl groups excluding tert-OH is 1. The van der Waals surface area contributed by atoms with Gasteiger partial charge >= 0.3 is 11.9 Å². The normalized spacial score (nSPS) is 12.0. The molecule has 0 aliphatic heterocycles. The highest BCUT2D eigenvalue weighted by molar-refractivity contribution is 5.90. The first kappa shape index (κ1) is 18.3. The van der Waals surface area contributed by atoms with Crippen molar-refractivity contribution < 1.29 is 24.2 Å². The largest absolute Gasteiger partial charge is 0.510 e. The zero-order valence-corrected chi connectivity index (χ0v) is 13.4. The lowest BCUT2D eigenvalue weighted by molar-refractivity contribution is -0.138. The quantitative estimate of drug-likeness (QED) is 0.357. The number of carbonyl (C=O) groups is 2. The Bertz CT molecular complexity index is 601. The van der Waals surface area contributed by atoms with Gasteiger partial charge < -0.3 is 14.6 Å². The predicted octanol–water partition coefficient (Wildman–Crippen LogP) is 3.69. The van der Waals surface area contributed by atoms with Gasteiger partial charge in [-0.3, -0.25) is 0 Å². The molecule has 1 rings (SSSR count). The summed E-state index contributed by atoms with van der Waals surface area (Å²) < 4.78 is 9.78. The Morgan fingerprint density at radius 2 is 1.78 bits per heavy atom. The second-order valence-electron chi connectivity index (χ2n) is 4.54. The number of benzene rings is 1. The minimum Gasteiger partial charge on any atom is -0.510 e. The molecule has 0 unspecified atom stereocenters. The Morgan fingerprint density at radius 1 is 1.13 bits per heavy atom. The van der Waals surface area contributed by atoms with Crippen LogP contribution in [0.25, 0.3) is 0 Å². The molecule has 1 aromatic carbocycles. The minimum atomic E-state index is -0.754. The minimum absolute atomic E-state index is 0.166.